The third-order valence-corrected chi connectivity index (χ3v) is 3.41. The molecule has 112 valence electrons. The molecular weight excluding hydrogens is 286 g/mol. The lowest BCUT2D eigenvalue weighted by atomic mass is 9.86. The van der Waals surface area contributed by atoms with Crippen LogP contribution in [0, 0.1) is 5.41 Å². The van der Waals surface area contributed by atoms with Crippen LogP contribution < -0.4 is 0 Å². The van der Waals surface area contributed by atoms with Gasteiger partial charge in [-0.05, 0) is 29.2 Å². The average molecular weight is 306 g/mol. The van der Waals surface area contributed by atoms with Crippen LogP contribution in [-0.4, -0.2) is 28.0 Å². The lowest BCUT2D eigenvalue weighted by molar-refractivity contribution is 0.0570. The van der Waals surface area contributed by atoms with Gasteiger partial charge in [0.05, 0.1) is 5.70 Å². The van der Waals surface area contributed by atoms with Gasteiger partial charge in [-0.2, -0.15) is 5.10 Å². The molecule has 0 aliphatic carbocycles. The Hall–Kier alpha value is -1.65. The van der Waals surface area contributed by atoms with E-state index in [2.05, 4.69) is 30.9 Å². The van der Waals surface area contributed by atoms with Crippen molar-refractivity contribution >= 4 is 23.4 Å². The monoisotopic (exact) mass is 305 g/mol. The predicted molar refractivity (Wildman–Crippen MR) is 85.9 cm³/mol. The zero-order valence-electron chi connectivity index (χ0n) is 12.7. The molecule has 0 spiro atoms. The molecule has 1 aromatic heterocycles. The molecule has 4 nitrogen and oxygen atoms in total. The van der Waals surface area contributed by atoms with Crippen molar-refractivity contribution in [1.82, 2.24) is 14.8 Å². The van der Waals surface area contributed by atoms with E-state index in [9.17, 15) is 0 Å². The first-order chi connectivity index (χ1) is 9.91. The number of hydrogen-bond donors (Lipinski definition) is 0. The highest BCUT2D eigenvalue weighted by Gasteiger charge is 2.29. The molecule has 0 amide bonds. The summed E-state index contributed by atoms with van der Waals surface area (Å²) in [6.07, 6.45) is 5.13. The number of nitrogens with zero attached hydrogens (tertiary/aromatic N) is 3. The minimum absolute atomic E-state index is 0.0705. The smallest absolute Gasteiger partial charge is 0.138 e. The summed E-state index contributed by atoms with van der Waals surface area (Å²) in [5, 5.41) is 4.96. The highest BCUT2D eigenvalue weighted by Crippen LogP contribution is 2.31. The van der Waals surface area contributed by atoms with Crippen LogP contribution >= 0.6 is 11.6 Å². The summed E-state index contributed by atoms with van der Waals surface area (Å²) in [4.78, 5) is 4.03. The summed E-state index contributed by atoms with van der Waals surface area (Å²) < 4.78 is 7.46. The van der Waals surface area contributed by atoms with Crippen LogP contribution in [0.15, 0.2) is 36.9 Å². The van der Waals surface area contributed by atoms with Crippen LogP contribution in [-0.2, 0) is 4.74 Å². The SMILES string of the molecule is COC(/C(=C/c1ccc(Cl)cc1)n1cncn1)C(C)(C)C. The van der Waals surface area contributed by atoms with E-state index in [-0.39, 0.29) is 11.5 Å². The molecule has 0 aliphatic rings. The van der Waals surface area contributed by atoms with E-state index in [0.29, 0.717) is 5.02 Å². The van der Waals surface area contributed by atoms with E-state index >= 15 is 0 Å². The van der Waals surface area contributed by atoms with Crippen LogP contribution in [0.2, 0.25) is 5.02 Å². The van der Waals surface area contributed by atoms with Crippen molar-refractivity contribution in [2.24, 2.45) is 5.41 Å². The maximum Gasteiger partial charge on any atom is 0.138 e. The molecule has 0 aliphatic heterocycles. The van der Waals surface area contributed by atoms with Crippen LogP contribution in [0.5, 0.6) is 0 Å². The molecule has 0 bridgehead atoms. The second-order valence-corrected chi connectivity index (χ2v) is 6.38. The number of aromatic nitrogens is 3. The highest BCUT2D eigenvalue weighted by atomic mass is 35.5. The lowest BCUT2D eigenvalue weighted by Crippen LogP contribution is -2.31. The Balaban J connectivity index is 2.48. The maximum atomic E-state index is 5.94. The Morgan fingerprint density at radius 3 is 2.43 bits per heavy atom. The van der Waals surface area contributed by atoms with E-state index in [1.54, 1.807) is 18.1 Å². The van der Waals surface area contributed by atoms with Crippen molar-refractivity contribution in [3.8, 4) is 0 Å². The minimum Gasteiger partial charge on any atom is -0.375 e. The van der Waals surface area contributed by atoms with Crippen molar-refractivity contribution < 1.29 is 4.74 Å². The Morgan fingerprint density at radius 1 is 1.29 bits per heavy atom. The van der Waals surface area contributed by atoms with E-state index in [1.807, 2.05) is 30.3 Å². The van der Waals surface area contributed by atoms with Crippen LogP contribution in [0.25, 0.3) is 11.8 Å². The average Bonchev–Trinajstić information content (AvgIpc) is 2.93. The summed E-state index contributed by atoms with van der Waals surface area (Å²) in [7, 11) is 1.71. The van der Waals surface area contributed by atoms with E-state index < -0.39 is 0 Å². The second kappa shape index (κ2) is 6.41. The fourth-order valence-electron chi connectivity index (χ4n) is 2.25. The van der Waals surface area contributed by atoms with Crippen molar-refractivity contribution in [2.75, 3.05) is 7.11 Å². The molecule has 1 aromatic carbocycles. The molecule has 0 fully saturated rings. The molecular formula is C16H20ClN3O. The topological polar surface area (TPSA) is 39.9 Å². The Morgan fingerprint density at radius 2 is 1.95 bits per heavy atom. The molecule has 1 atom stereocenters. The van der Waals surface area contributed by atoms with Gasteiger partial charge in [0.1, 0.15) is 18.8 Å². The first-order valence-electron chi connectivity index (χ1n) is 6.77. The first kappa shape index (κ1) is 15.7. The van der Waals surface area contributed by atoms with Gasteiger partial charge in [0.15, 0.2) is 0 Å². The van der Waals surface area contributed by atoms with Gasteiger partial charge in [-0.15, -0.1) is 0 Å². The molecule has 0 radical (unpaired) electrons. The Bertz CT molecular complexity index is 597. The fraction of sp³-hybridized carbons (Fsp3) is 0.375. The maximum absolute atomic E-state index is 5.94. The Labute approximate surface area is 130 Å². The molecule has 2 aromatic rings. The normalized spacial score (nSPS) is 14.2. The van der Waals surface area contributed by atoms with Crippen LogP contribution in [0.3, 0.4) is 0 Å². The summed E-state index contributed by atoms with van der Waals surface area (Å²) in [6, 6.07) is 7.67. The second-order valence-electron chi connectivity index (χ2n) is 5.94. The van der Waals surface area contributed by atoms with Gasteiger partial charge in [-0.3, -0.25) is 0 Å². The van der Waals surface area contributed by atoms with Crippen molar-refractivity contribution in [2.45, 2.75) is 26.9 Å². The highest BCUT2D eigenvalue weighted by molar-refractivity contribution is 6.30. The summed E-state index contributed by atoms with van der Waals surface area (Å²) in [5.41, 5.74) is 1.90. The predicted octanol–water partition coefficient (Wildman–Crippen LogP) is 3.99. The third kappa shape index (κ3) is 3.93. The standard InChI is InChI=1S/C16H20ClN3O/c1-16(2,3)15(21-4)14(20-11-18-10-19-20)9-12-5-7-13(17)8-6-12/h5-11,15H,1-4H3/b14-9-. The first-order valence-corrected chi connectivity index (χ1v) is 7.14. The summed E-state index contributed by atoms with van der Waals surface area (Å²) >= 11 is 5.94. The molecule has 1 unspecified atom stereocenters. The molecule has 21 heavy (non-hydrogen) atoms. The minimum atomic E-state index is -0.116. The zero-order chi connectivity index (χ0) is 15.5. The molecule has 0 N–H and O–H groups in total. The van der Waals surface area contributed by atoms with E-state index in [1.165, 1.54) is 6.33 Å². The number of hydrogen-bond acceptors (Lipinski definition) is 3. The quantitative estimate of drug-likeness (QED) is 0.857. The molecule has 1 heterocycles. The van der Waals surface area contributed by atoms with Crippen molar-refractivity contribution in [3.05, 3.63) is 47.5 Å². The van der Waals surface area contributed by atoms with Gasteiger partial charge in [0.25, 0.3) is 0 Å². The van der Waals surface area contributed by atoms with E-state index in [4.69, 9.17) is 16.3 Å². The number of rotatable bonds is 4. The lowest BCUT2D eigenvalue weighted by Gasteiger charge is -2.31. The third-order valence-electron chi connectivity index (χ3n) is 3.16. The summed E-state index contributed by atoms with van der Waals surface area (Å²) in [6.45, 7) is 6.40. The van der Waals surface area contributed by atoms with Gasteiger partial charge in [-0.25, -0.2) is 9.67 Å². The summed E-state index contributed by atoms with van der Waals surface area (Å²) in [5.74, 6) is 0. The molecule has 5 heteroatoms. The van der Waals surface area contributed by atoms with Gasteiger partial charge in [0.2, 0.25) is 0 Å². The zero-order valence-corrected chi connectivity index (χ0v) is 13.5. The van der Waals surface area contributed by atoms with Crippen LogP contribution in [0.4, 0.5) is 0 Å². The number of benzene rings is 1. The van der Waals surface area contributed by atoms with Gasteiger partial charge in [-0.1, -0.05) is 44.5 Å². The Kier molecular flexibility index (Phi) is 4.80. The van der Waals surface area contributed by atoms with Gasteiger partial charge < -0.3 is 4.74 Å². The van der Waals surface area contributed by atoms with Gasteiger partial charge >= 0.3 is 0 Å². The molecule has 2 rings (SSSR count). The van der Waals surface area contributed by atoms with Crippen molar-refractivity contribution in [3.63, 3.8) is 0 Å². The number of halogens is 1. The van der Waals surface area contributed by atoms with Gasteiger partial charge in [0, 0.05) is 12.1 Å². The largest absolute Gasteiger partial charge is 0.375 e. The van der Waals surface area contributed by atoms with E-state index in [0.717, 1.165) is 11.3 Å². The number of ether oxygens (including phenoxy) is 1. The fourth-order valence-corrected chi connectivity index (χ4v) is 2.38. The van der Waals surface area contributed by atoms with Crippen LogP contribution in [0.1, 0.15) is 26.3 Å². The van der Waals surface area contributed by atoms with Crippen molar-refractivity contribution in [1.29, 1.82) is 0 Å². The molecule has 0 saturated heterocycles. The molecule has 0 saturated carbocycles. The number of methoxy groups -OCH3 is 1.